The lowest BCUT2D eigenvalue weighted by Gasteiger charge is -2.17. The smallest absolute Gasteiger partial charge is 0.109 e. The fraction of sp³-hybridized carbons (Fsp3) is 0.500. The van der Waals surface area contributed by atoms with Crippen LogP contribution in [0.2, 0.25) is 5.02 Å². The minimum Gasteiger partial charge on any atom is -0.308 e. The first-order chi connectivity index (χ1) is 9.13. The largest absolute Gasteiger partial charge is 0.308 e. The molecule has 0 radical (unpaired) electrons. The van der Waals surface area contributed by atoms with Gasteiger partial charge in [0.1, 0.15) is 6.04 Å². The van der Waals surface area contributed by atoms with E-state index in [1.165, 1.54) is 11.5 Å². The van der Waals surface area contributed by atoms with Crippen LogP contribution in [-0.4, -0.2) is 44.9 Å². The molecule has 7 nitrogen and oxygen atoms in total. The van der Waals surface area contributed by atoms with E-state index in [9.17, 15) is 0 Å². The molecule has 0 aliphatic heterocycles. The van der Waals surface area contributed by atoms with Gasteiger partial charge in [0.15, 0.2) is 0 Å². The molecule has 2 aromatic heterocycles. The van der Waals surface area contributed by atoms with Crippen molar-refractivity contribution in [3.8, 4) is 0 Å². The highest BCUT2D eigenvalue weighted by Crippen LogP contribution is 2.27. The van der Waals surface area contributed by atoms with Crippen molar-refractivity contribution >= 4 is 23.1 Å². The maximum atomic E-state index is 6.21. The molecular formula is C10H16ClN7S. The summed E-state index contributed by atoms with van der Waals surface area (Å²) in [6.45, 7) is 1.59. The maximum Gasteiger partial charge on any atom is 0.109 e. The van der Waals surface area contributed by atoms with Crippen LogP contribution in [0.15, 0.2) is 11.6 Å². The van der Waals surface area contributed by atoms with Crippen molar-refractivity contribution in [3.05, 3.63) is 28.0 Å². The van der Waals surface area contributed by atoms with Gasteiger partial charge in [-0.2, -0.15) is 5.10 Å². The average molecular weight is 302 g/mol. The van der Waals surface area contributed by atoms with Crippen LogP contribution in [-0.2, 0) is 6.54 Å². The summed E-state index contributed by atoms with van der Waals surface area (Å²) in [5, 5.41) is 10.7. The van der Waals surface area contributed by atoms with Crippen LogP contribution in [0.25, 0.3) is 0 Å². The van der Waals surface area contributed by atoms with Gasteiger partial charge < -0.3 is 4.90 Å². The fourth-order valence-corrected chi connectivity index (χ4v) is 2.46. The van der Waals surface area contributed by atoms with Crippen LogP contribution >= 0.6 is 23.1 Å². The fourth-order valence-electron chi connectivity index (χ4n) is 1.73. The van der Waals surface area contributed by atoms with Gasteiger partial charge in [-0.05, 0) is 25.6 Å². The van der Waals surface area contributed by atoms with Crippen molar-refractivity contribution in [1.82, 2.24) is 29.7 Å². The van der Waals surface area contributed by atoms with E-state index in [-0.39, 0.29) is 6.04 Å². The molecule has 0 spiro atoms. The van der Waals surface area contributed by atoms with Crippen LogP contribution in [0.4, 0.5) is 0 Å². The van der Waals surface area contributed by atoms with Gasteiger partial charge in [-0.1, -0.05) is 16.1 Å². The number of nitrogens with two attached hydrogens (primary N) is 1. The summed E-state index contributed by atoms with van der Waals surface area (Å²) in [6.07, 6.45) is 1.62. The normalized spacial score (nSPS) is 13.1. The van der Waals surface area contributed by atoms with Gasteiger partial charge in [-0.3, -0.25) is 10.5 Å². The summed E-state index contributed by atoms with van der Waals surface area (Å²) in [5.74, 6) is 5.63. The molecule has 0 saturated heterocycles. The first-order valence-electron chi connectivity index (χ1n) is 5.72. The van der Waals surface area contributed by atoms with E-state index in [1.807, 2.05) is 24.2 Å². The van der Waals surface area contributed by atoms with E-state index >= 15 is 0 Å². The lowest BCUT2D eigenvalue weighted by atomic mass is 10.1. The molecule has 0 aromatic carbocycles. The monoisotopic (exact) mass is 301 g/mol. The molecule has 1 unspecified atom stereocenters. The number of hydrazine groups is 1. The minimum atomic E-state index is -0.309. The standard InChI is InChI=1S/C10H16ClN7S/c1-17(2)3-4-18-10(7(11)5-13-18)9(14-12)8-6-19-16-15-8/h5-6,9,14H,3-4,12H2,1-2H3. The molecule has 2 rings (SSSR count). The molecule has 0 aliphatic rings. The molecule has 3 N–H and O–H groups in total. The topological polar surface area (TPSA) is 84.9 Å². The van der Waals surface area contributed by atoms with Gasteiger partial charge in [-0.25, -0.2) is 5.43 Å². The van der Waals surface area contributed by atoms with Crippen molar-refractivity contribution in [1.29, 1.82) is 0 Å². The van der Waals surface area contributed by atoms with Crippen molar-refractivity contribution in [2.45, 2.75) is 12.6 Å². The van der Waals surface area contributed by atoms with Gasteiger partial charge in [0.2, 0.25) is 0 Å². The van der Waals surface area contributed by atoms with Gasteiger partial charge in [-0.15, -0.1) is 5.10 Å². The third-order valence-electron chi connectivity index (χ3n) is 2.71. The third kappa shape index (κ3) is 3.28. The second-order valence-electron chi connectivity index (χ2n) is 4.33. The molecular weight excluding hydrogens is 286 g/mol. The SMILES string of the molecule is CN(C)CCn1ncc(Cl)c1C(NN)c1csnn1. The van der Waals surface area contributed by atoms with Crippen molar-refractivity contribution in [3.63, 3.8) is 0 Å². The molecule has 0 saturated carbocycles. The number of halogens is 1. The van der Waals surface area contributed by atoms with E-state index in [0.29, 0.717) is 5.02 Å². The van der Waals surface area contributed by atoms with E-state index in [2.05, 4.69) is 25.0 Å². The maximum absolute atomic E-state index is 6.21. The Balaban J connectivity index is 2.29. The molecule has 19 heavy (non-hydrogen) atoms. The molecule has 0 amide bonds. The Morgan fingerprint density at radius 1 is 1.58 bits per heavy atom. The third-order valence-corrected chi connectivity index (χ3v) is 3.52. The van der Waals surface area contributed by atoms with Crippen molar-refractivity contribution < 1.29 is 0 Å². The van der Waals surface area contributed by atoms with Crippen LogP contribution in [0.3, 0.4) is 0 Å². The predicted octanol–water partition coefficient (Wildman–Crippen LogP) is 0.502. The summed E-state index contributed by atoms with van der Waals surface area (Å²) < 4.78 is 5.69. The van der Waals surface area contributed by atoms with Gasteiger partial charge >= 0.3 is 0 Å². The van der Waals surface area contributed by atoms with Crippen LogP contribution in [0.1, 0.15) is 17.4 Å². The molecule has 0 bridgehead atoms. The van der Waals surface area contributed by atoms with Crippen LogP contribution < -0.4 is 11.3 Å². The summed E-state index contributed by atoms with van der Waals surface area (Å²) in [6, 6.07) is -0.309. The zero-order chi connectivity index (χ0) is 13.8. The Morgan fingerprint density at radius 3 is 2.95 bits per heavy atom. The van der Waals surface area contributed by atoms with Crippen LogP contribution in [0, 0.1) is 0 Å². The highest BCUT2D eigenvalue weighted by Gasteiger charge is 2.23. The van der Waals surface area contributed by atoms with Crippen molar-refractivity contribution in [2.24, 2.45) is 5.84 Å². The molecule has 9 heteroatoms. The summed E-state index contributed by atoms with van der Waals surface area (Å²) >= 11 is 7.49. The van der Waals surface area contributed by atoms with Gasteiger partial charge in [0.25, 0.3) is 0 Å². The lowest BCUT2D eigenvalue weighted by molar-refractivity contribution is 0.365. The highest BCUT2D eigenvalue weighted by atomic mass is 35.5. The lowest BCUT2D eigenvalue weighted by Crippen LogP contribution is -2.32. The van der Waals surface area contributed by atoms with Crippen molar-refractivity contribution in [2.75, 3.05) is 20.6 Å². The molecule has 1 atom stereocenters. The van der Waals surface area contributed by atoms with Crippen LogP contribution in [0.5, 0.6) is 0 Å². The number of hydrogen-bond donors (Lipinski definition) is 2. The van der Waals surface area contributed by atoms with E-state index in [4.69, 9.17) is 17.4 Å². The minimum absolute atomic E-state index is 0.309. The Hall–Kier alpha value is -1.06. The Labute approximate surface area is 120 Å². The number of rotatable bonds is 6. The molecule has 2 heterocycles. The number of hydrogen-bond acceptors (Lipinski definition) is 7. The Kier molecular flexibility index (Phi) is 4.83. The second-order valence-corrected chi connectivity index (χ2v) is 5.35. The quantitative estimate of drug-likeness (QED) is 0.597. The first-order valence-corrected chi connectivity index (χ1v) is 6.94. The number of likely N-dealkylation sites (N-methyl/N-ethyl adjacent to an activating group) is 1. The number of nitrogens with zero attached hydrogens (tertiary/aromatic N) is 5. The van der Waals surface area contributed by atoms with E-state index in [1.54, 1.807) is 6.20 Å². The van der Waals surface area contributed by atoms with E-state index < -0.39 is 0 Å². The Bertz CT molecular complexity index is 510. The molecule has 0 aliphatic carbocycles. The Morgan fingerprint density at radius 2 is 2.37 bits per heavy atom. The zero-order valence-corrected chi connectivity index (χ0v) is 12.3. The molecule has 0 fully saturated rings. The molecule has 104 valence electrons. The summed E-state index contributed by atoms with van der Waals surface area (Å²) in [4.78, 5) is 2.08. The average Bonchev–Trinajstić information content (AvgIpc) is 3.00. The summed E-state index contributed by atoms with van der Waals surface area (Å²) in [7, 11) is 4.02. The second kappa shape index (κ2) is 6.40. The number of nitrogens with one attached hydrogen (secondary N) is 1. The predicted molar refractivity (Wildman–Crippen MR) is 74.9 cm³/mol. The summed E-state index contributed by atoms with van der Waals surface area (Å²) in [5.41, 5.74) is 4.26. The highest BCUT2D eigenvalue weighted by molar-refractivity contribution is 7.03. The number of aromatic nitrogens is 4. The molecule has 2 aromatic rings. The van der Waals surface area contributed by atoms with Gasteiger partial charge in [0.05, 0.1) is 29.2 Å². The first kappa shape index (κ1) is 14.4. The van der Waals surface area contributed by atoms with E-state index in [0.717, 1.165) is 24.5 Å². The zero-order valence-electron chi connectivity index (χ0n) is 10.7. The van der Waals surface area contributed by atoms with Gasteiger partial charge in [0, 0.05) is 11.9 Å².